The summed E-state index contributed by atoms with van der Waals surface area (Å²) in [6.07, 6.45) is 0. The molecule has 0 saturated carbocycles. The third kappa shape index (κ3) is 0.991. The number of carbonyl (C=O) groups is 2. The number of fused-ring (bicyclic) bond motifs is 4. The van der Waals surface area contributed by atoms with Gasteiger partial charge in [0.15, 0.2) is 11.6 Å². The summed E-state index contributed by atoms with van der Waals surface area (Å²) in [5.74, 6) is 0.574. The topological polar surface area (TPSA) is 43.4 Å². The first-order chi connectivity index (χ1) is 8.77. The lowest BCUT2D eigenvalue weighted by Gasteiger charge is -2.27. The first-order valence-electron chi connectivity index (χ1n) is 5.74. The Hall–Kier alpha value is -2.42. The van der Waals surface area contributed by atoms with E-state index in [4.69, 9.17) is 4.74 Å². The van der Waals surface area contributed by atoms with Crippen LogP contribution < -0.4 is 4.74 Å². The highest BCUT2D eigenvalue weighted by Crippen LogP contribution is 2.38. The Bertz CT molecular complexity index is 729. The highest BCUT2D eigenvalue weighted by Gasteiger charge is 2.35. The van der Waals surface area contributed by atoms with Gasteiger partial charge in [0.2, 0.25) is 0 Å². The molecule has 0 fully saturated rings. The fourth-order valence-electron chi connectivity index (χ4n) is 2.58. The fraction of sp³-hybridized carbons (Fsp3) is 0.0667. The van der Waals surface area contributed by atoms with Crippen molar-refractivity contribution < 1.29 is 14.3 Å². The Balaban J connectivity index is 2.07. The van der Waals surface area contributed by atoms with Gasteiger partial charge in [-0.15, -0.1) is 0 Å². The zero-order chi connectivity index (χ0) is 12.3. The van der Waals surface area contributed by atoms with Crippen LogP contribution in [0.15, 0.2) is 36.4 Å². The van der Waals surface area contributed by atoms with Crippen molar-refractivity contribution in [3.63, 3.8) is 0 Å². The fourth-order valence-corrected chi connectivity index (χ4v) is 2.58. The molecular formula is C15H8O3. The molecular weight excluding hydrogens is 228 g/mol. The molecule has 0 amide bonds. The predicted octanol–water partition coefficient (Wildman–Crippen LogP) is 2.35. The minimum atomic E-state index is -0.0742. The molecule has 86 valence electrons. The van der Waals surface area contributed by atoms with Gasteiger partial charge in [-0.1, -0.05) is 24.3 Å². The molecule has 0 bridgehead atoms. The Morgan fingerprint density at radius 3 is 2.22 bits per heavy atom. The summed E-state index contributed by atoms with van der Waals surface area (Å²) in [6, 6.07) is 10.4. The van der Waals surface area contributed by atoms with Crippen molar-refractivity contribution in [3.05, 3.63) is 64.2 Å². The summed E-state index contributed by atoms with van der Waals surface area (Å²) < 4.78 is 5.25. The molecule has 0 N–H and O–H groups in total. The standard InChI is InChI=1S/C15H8O3/c16-14-8-3-1-2-4-9(8)15(17)13-10(14)5-6-12-11(13)7-18-12/h1-6H,7H2. The van der Waals surface area contributed by atoms with E-state index in [-0.39, 0.29) is 11.6 Å². The van der Waals surface area contributed by atoms with E-state index in [0.717, 1.165) is 5.56 Å². The van der Waals surface area contributed by atoms with Gasteiger partial charge in [0, 0.05) is 27.8 Å². The number of ether oxygens (including phenoxy) is 1. The van der Waals surface area contributed by atoms with E-state index in [0.29, 0.717) is 34.6 Å². The number of ketones is 2. The second kappa shape index (κ2) is 3.07. The van der Waals surface area contributed by atoms with E-state index >= 15 is 0 Å². The summed E-state index contributed by atoms with van der Waals surface area (Å²) >= 11 is 0. The minimum Gasteiger partial charge on any atom is -0.488 e. The quantitative estimate of drug-likeness (QED) is 0.601. The number of hydrogen-bond donors (Lipinski definition) is 0. The summed E-state index contributed by atoms with van der Waals surface area (Å²) in [5.41, 5.74) is 2.88. The molecule has 2 aliphatic rings. The number of hydrogen-bond acceptors (Lipinski definition) is 3. The van der Waals surface area contributed by atoms with Crippen LogP contribution in [-0.2, 0) is 6.61 Å². The van der Waals surface area contributed by atoms with Crippen LogP contribution in [0, 0.1) is 0 Å². The van der Waals surface area contributed by atoms with Gasteiger partial charge in [0.05, 0.1) is 0 Å². The smallest absolute Gasteiger partial charge is 0.195 e. The third-order valence-corrected chi connectivity index (χ3v) is 3.53. The van der Waals surface area contributed by atoms with Crippen LogP contribution in [0.3, 0.4) is 0 Å². The summed E-state index contributed by atoms with van der Waals surface area (Å²) in [7, 11) is 0. The molecule has 1 aliphatic carbocycles. The van der Waals surface area contributed by atoms with Crippen molar-refractivity contribution in [1.82, 2.24) is 0 Å². The Labute approximate surface area is 103 Å². The largest absolute Gasteiger partial charge is 0.488 e. The van der Waals surface area contributed by atoms with Gasteiger partial charge in [0.1, 0.15) is 12.4 Å². The highest BCUT2D eigenvalue weighted by molar-refractivity contribution is 6.29. The molecule has 3 heteroatoms. The van der Waals surface area contributed by atoms with E-state index < -0.39 is 0 Å². The number of carbonyl (C=O) groups excluding carboxylic acids is 2. The van der Waals surface area contributed by atoms with Crippen LogP contribution in [0.2, 0.25) is 0 Å². The molecule has 2 aromatic carbocycles. The molecule has 0 radical (unpaired) electrons. The lowest BCUT2D eigenvalue weighted by Crippen LogP contribution is -2.26. The van der Waals surface area contributed by atoms with Crippen LogP contribution in [0.5, 0.6) is 5.75 Å². The molecule has 0 atom stereocenters. The maximum Gasteiger partial charge on any atom is 0.195 e. The SMILES string of the molecule is O=C1c2ccccc2C(=O)c2c1ccc1c2CO1. The average molecular weight is 236 g/mol. The molecule has 0 aromatic heterocycles. The Kier molecular flexibility index (Phi) is 1.64. The third-order valence-electron chi connectivity index (χ3n) is 3.53. The molecule has 2 aromatic rings. The zero-order valence-electron chi connectivity index (χ0n) is 9.40. The number of benzene rings is 2. The normalized spacial score (nSPS) is 15.1. The van der Waals surface area contributed by atoms with Crippen LogP contribution in [0.4, 0.5) is 0 Å². The van der Waals surface area contributed by atoms with E-state index in [1.807, 2.05) is 0 Å². The van der Waals surface area contributed by atoms with Crippen molar-refractivity contribution in [2.75, 3.05) is 0 Å². The molecule has 4 rings (SSSR count). The van der Waals surface area contributed by atoms with Crippen LogP contribution >= 0.6 is 0 Å². The van der Waals surface area contributed by atoms with Crippen molar-refractivity contribution in [2.24, 2.45) is 0 Å². The van der Waals surface area contributed by atoms with Gasteiger partial charge >= 0.3 is 0 Å². The number of rotatable bonds is 0. The Morgan fingerprint density at radius 2 is 1.56 bits per heavy atom. The van der Waals surface area contributed by atoms with E-state index in [1.54, 1.807) is 36.4 Å². The second-order valence-corrected chi connectivity index (χ2v) is 4.46. The van der Waals surface area contributed by atoms with E-state index in [9.17, 15) is 9.59 Å². The van der Waals surface area contributed by atoms with Gasteiger partial charge in [-0.2, -0.15) is 0 Å². The van der Waals surface area contributed by atoms with Crippen LogP contribution in [0.25, 0.3) is 0 Å². The summed E-state index contributed by atoms with van der Waals surface area (Å²) in [5, 5.41) is 0. The van der Waals surface area contributed by atoms with Crippen molar-refractivity contribution in [2.45, 2.75) is 6.61 Å². The minimum absolute atomic E-state index is 0.0691. The molecule has 1 aliphatic heterocycles. The van der Waals surface area contributed by atoms with Crippen molar-refractivity contribution >= 4 is 11.6 Å². The molecule has 0 saturated heterocycles. The first kappa shape index (κ1) is 9.59. The summed E-state index contributed by atoms with van der Waals surface area (Å²) in [4.78, 5) is 24.8. The molecule has 3 nitrogen and oxygen atoms in total. The average Bonchev–Trinajstić information content (AvgIpc) is 2.37. The monoisotopic (exact) mass is 236 g/mol. The predicted molar refractivity (Wildman–Crippen MR) is 64.1 cm³/mol. The van der Waals surface area contributed by atoms with Gasteiger partial charge in [-0.05, 0) is 12.1 Å². The lowest BCUT2D eigenvalue weighted by molar-refractivity contribution is 0.0973. The van der Waals surface area contributed by atoms with Gasteiger partial charge in [0.25, 0.3) is 0 Å². The lowest BCUT2D eigenvalue weighted by atomic mass is 9.81. The van der Waals surface area contributed by atoms with Gasteiger partial charge in [-0.25, -0.2) is 0 Å². The summed E-state index contributed by atoms with van der Waals surface area (Å²) in [6.45, 7) is 0.416. The second-order valence-electron chi connectivity index (χ2n) is 4.46. The van der Waals surface area contributed by atoms with Crippen LogP contribution in [-0.4, -0.2) is 11.6 Å². The first-order valence-corrected chi connectivity index (χ1v) is 5.74. The maximum absolute atomic E-state index is 12.5. The van der Waals surface area contributed by atoms with E-state index in [1.165, 1.54) is 0 Å². The highest BCUT2D eigenvalue weighted by atomic mass is 16.5. The van der Waals surface area contributed by atoms with Crippen molar-refractivity contribution in [1.29, 1.82) is 0 Å². The molecule has 1 heterocycles. The van der Waals surface area contributed by atoms with E-state index in [2.05, 4.69) is 0 Å². The molecule has 0 unspecified atom stereocenters. The Morgan fingerprint density at radius 1 is 0.833 bits per heavy atom. The molecule has 18 heavy (non-hydrogen) atoms. The maximum atomic E-state index is 12.5. The zero-order valence-corrected chi connectivity index (χ0v) is 9.40. The molecule has 0 spiro atoms. The van der Waals surface area contributed by atoms with Gasteiger partial charge < -0.3 is 4.74 Å². The van der Waals surface area contributed by atoms with Crippen molar-refractivity contribution in [3.8, 4) is 5.75 Å². The van der Waals surface area contributed by atoms with Gasteiger partial charge in [-0.3, -0.25) is 9.59 Å². The van der Waals surface area contributed by atoms with Crippen LogP contribution in [0.1, 0.15) is 37.4 Å².